The number of pyridine rings is 1. The van der Waals surface area contributed by atoms with Crippen molar-refractivity contribution in [2.45, 2.75) is 6.92 Å². The maximum absolute atomic E-state index is 10.5. The van der Waals surface area contributed by atoms with Crippen molar-refractivity contribution in [2.75, 3.05) is 0 Å². The van der Waals surface area contributed by atoms with Gasteiger partial charge in [0, 0.05) is 18.5 Å². The van der Waals surface area contributed by atoms with Crippen molar-refractivity contribution in [2.24, 2.45) is 0 Å². The smallest absolute Gasteiger partial charge is 0.287 e. The lowest BCUT2D eigenvalue weighted by Gasteiger charge is -2.05. The molecule has 0 aliphatic carbocycles. The Hall–Kier alpha value is -1.76. The number of imidazole rings is 1. The molecule has 6 nitrogen and oxygen atoms in total. The molecule has 0 aliphatic rings. The van der Waals surface area contributed by atoms with Crippen molar-refractivity contribution in [1.82, 2.24) is 14.5 Å². The minimum atomic E-state index is -0.484. The number of hydrogen-bond acceptors (Lipinski definition) is 4. The predicted molar refractivity (Wildman–Crippen MR) is 60.5 cm³/mol. The van der Waals surface area contributed by atoms with Gasteiger partial charge in [-0.1, -0.05) is 0 Å². The first kappa shape index (κ1) is 10.7. The van der Waals surface area contributed by atoms with E-state index >= 15 is 0 Å². The maximum atomic E-state index is 10.5. The highest BCUT2D eigenvalue weighted by atomic mass is 79.9. The van der Waals surface area contributed by atoms with E-state index in [-0.39, 0.29) is 5.69 Å². The minimum Gasteiger partial charge on any atom is -0.287 e. The Bertz CT molecular complexity index is 552. The average molecular weight is 283 g/mol. The third kappa shape index (κ3) is 1.81. The van der Waals surface area contributed by atoms with E-state index in [1.807, 2.05) is 6.92 Å². The fourth-order valence-electron chi connectivity index (χ4n) is 1.30. The molecule has 0 spiro atoms. The van der Waals surface area contributed by atoms with Gasteiger partial charge >= 0.3 is 0 Å². The first-order valence-corrected chi connectivity index (χ1v) is 5.19. The highest BCUT2D eigenvalue weighted by Gasteiger charge is 2.12. The number of aromatic nitrogens is 3. The largest absolute Gasteiger partial charge is 0.288 e. The molecule has 2 heterocycles. The summed E-state index contributed by atoms with van der Waals surface area (Å²) in [5, 5.41) is 10.5. The Morgan fingerprint density at radius 1 is 1.50 bits per heavy atom. The normalized spacial score (nSPS) is 10.4. The van der Waals surface area contributed by atoms with Gasteiger partial charge in [0.1, 0.15) is 12.0 Å². The lowest BCUT2D eigenvalue weighted by atomic mass is 10.4. The number of aryl methyl sites for hydroxylation is 1. The van der Waals surface area contributed by atoms with Crippen molar-refractivity contribution in [3.05, 3.63) is 45.1 Å². The molecule has 0 atom stereocenters. The van der Waals surface area contributed by atoms with E-state index in [1.165, 1.54) is 12.3 Å². The second-order valence-electron chi connectivity index (χ2n) is 3.10. The van der Waals surface area contributed by atoms with Crippen LogP contribution in [0.3, 0.4) is 0 Å². The van der Waals surface area contributed by atoms with Crippen LogP contribution in [0.25, 0.3) is 5.82 Å². The first-order valence-electron chi connectivity index (χ1n) is 4.40. The molecule has 0 saturated carbocycles. The van der Waals surface area contributed by atoms with Gasteiger partial charge in [0.05, 0.1) is 9.40 Å². The van der Waals surface area contributed by atoms with Gasteiger partial charge in [0.2, 0.25) is 0 Å². The molecule has 0 fully saturated rings. The van der Waals surface area contributed by atoms with Crippen molar-refractivity contribution >= 4 is 21.6 Å². The molecule has 0 N–H and O–H groups in total. The number of halogens is 1. The van der Waals surface area contributed by atoms with Crippen molar-refractivity contribution in [3.8, 4) is 5.82 Å². The molecular weight excluding hydrogens is 276 g/mol. The van der Waals surface area contributed by atoms with Gasteiger partial charge in [-0.15, -0.1) is 0 Å². The molecule has 0 saturated heterocycles. The molecule has 0 amide bonds. The summed E-state index contributed by atoms with van der Waals surface area (Å²) in [5.74, 6) is 1.35. The Labute approximate surface area is 99.2 Å². The van der Waals surface area contributed by atoms with Crippen LogP contribution in [0, 0.1) is 17.0 Å². The quantitative estimate of drug-likeness (QED) is 0.625. The second kappa shape index (κ2) is 4.01. The monoisotopic (exact) mass is 282 g/mol. The molecule has 82 valence electrons. The molecule has 0 radical (unpaired) electrons. The van der Waals surface area contributed by atoms with E-state index in [1.54, 1.807) is 17.0 Å². The fourth-order valence-corrected chi connectivity index (χ4v) is 1.83. The van der Waals surface area contributed by atoms with E-state index in [0.29, 0.717) is 10.3 Å². The van der Waals surface area contributed by atoms with Crippen molar-refractivity contribution in [3.63, 3.8) is 0 Å². The topological polar surface area (TPSA) is 73.8 Å². The molecule has 0 aromatic carbocycles. The number of nitrogens with zero attached hydrogens (tertiary/aromatic N) is 4. The minimum absolute atomic E-state index is 0.0478. The summed E-state index contributed by atoms with van der Waals surface area (Å²) in [6.07, 6.45) is 4.61. The summed E-state index contributed by atoms with van der Waals surface area (Å²) in [6, 6.07) is 1.42. The summed E-state index contributed by atoms with van der Waals surface area (Å²) in [5.41, 5.74) is -0.0478. The Morgan fingerprint density at radius 2 is 2.25 bits per heavy atom. The highest BCUT2D eigenvalue weighted by molar-refractivity contribution is 9.10. The zero-order valence-electron chi connectivity index (χ0n) is 8.29. The molecule has 16 heavy (non-hydrogen) atoms. The molecule has 7 heteroatoms. The van der Waals surface area contributed by atoms with Gasteiger partial charge in [-0.05, 0) is 22.9 Å². The Kier molecular flexibility index (Phi) is 2.69. The fraction of sp³-hybridized carbons (Fsp3) is 0.111. The second-order valence-corrected chi connectivity index (χ2v) is 3.95. The van der Waals surface area contributed by atoms with Crippen LogP contribution in [-0.4, -0.2) is 19.5 Å². The third-order valence-electron chi connectivity index (χ3n) is 2.07. The Balaban J connectivity index is 2.52. The van der Waals surface area contributed by atoms with E-state index in [2.05, 4.69) is 25.9 Å². The van der Waals surface area contributed by atoms with Gasteiger partial charge < -0.3 is 0 Å². The summed E-state index contributed by atoms with van der Waals surface area (Å²) >= 11 is 3.26. The number of hydrogen-bond donors (Lipinski definition) is 0. The number of rotatable bonds is 2. The van der Waals surface area contributed by atoms with Crippen LogP contribution < -0.4 is 0 Å². The van der Waals surface area contributed by atoms with Crippen LogP contribution >= 0.6 is 15.9 Å². The standard InChI is InChI=1S/C9H7BrN4O2/c1-6-11-2-3-13(6)9-8(10)4-7(5-12-9)14(15)16/h2-5H,1H3. The summed E-state index contributed by atoms with van der Waals surface area (Å²) < 4.78 is 2.30. The van der Waals surface area contributed by atoms with Crippen LogP contribution in [0.4, 0.5) is 5.69 Å². The lowest BCUT2D eigenvalue weighted by Crippen LogP contribution is -2.01. The zero-order valence-corrected chi connectivity index (χ0v) is 9.88. The molecular formula is C9H7BrN4O2. The lowest BCUT2D eigenvalue weighted by molar-refractivity contribution is -0.385. The van der Waals surface area contributed by atoms with Gasteiger partial charge in [0.25, 0.3) is 5.69 Å². The molecule has 2 rings (SSSR count). The summed E-state index contributed by atoms with van der Waals surface area (Å²) in [4.78, 5) is 18.2. The molecule has 0 aliphatic heterocycles. The van der Waals surface area contributed by atoms with E-state index in [4.69, 9.17) is 0 Å². The van der Waals surface area contributed by atoms with Gasteiger partial charge in [-0.2, -0.15) is 0 Å². The van der Waals surface area contributed by atoms with Gasteiger partial charge in [-0.25, -0.2) is 9.97 Å². The van der Waals surface area contributed by atoms with Crippen LogP contribution in [0.2, 0.25) is 0 Å². The number of nitro groups is 1. The first-order chi connectivity index (χ1) is 7.59. The Morgan fingerprint density at radius 3 is 2.75 bits per heavy atom. The zero-order chi connectivity index (χ0) is 11.7. The van der Waals surface area contributed by atoms with Gasteiger partial charge in [-0.3, -0.25) is 14.7 Å². The van der Waals surface area contributed by atoms with Crippen LogP contribution in [-0.2, 0) is 0 Å². The highest BCUT2D eigenvalue weighted by Crippen LogP contribution is 2.23. The summed E-state index contributed by atoms with van der Waals surface area (Å²) in [7, 11) is 0. The van der Waals surface area contributed by atoms with E-state index < -0.39 is 4.92 Å². The van der Waals surface area contributed by atoms with Crippen LogP contribution in [0.15, 0.2) is 29.1 Å². The van der Waals surface area contributed by atoms with E-state index in [9.17, 15) is 10.1 Å². The van der Waals surface area contributed by atoms with E-state index in [0.717, 1.165) is 5.82 Å². The SMILES string of the molecule is Cc1nccn1-c1ncc([N+](=O)[O-])cc1Br. The van der Waals surface area contributed by atoms with Crippen LogP contribution in [0.1, 0.15) is 5.82 Å². The average Bonchev–Trinajstić information content (AvgIpc) is 2.64. The third-order valence-corrected chi connectivity index (χ3v) is 2.66. The molecule has 2 aromatic rings. The van der Waals surface area contributed by atoms with Crippen molar-refractivity contribution in [1.29, 1.82) is 0 Å². The maximum Gasteiger partial charge on any atom is 0.288 e. The predicted octanol–water partition coefficient (Wildman–Crippen LogP) is 2.25. The molecule has 0 bridgehead atoms. The van der Waals surface area contributed by atoms with Crippen LogP contribution in [0.5, 0.6) is 0 Å². The molecule has 0 unspecified atom stereocenters. The van der Waals surface area contributed by atoms with Gasteiger partial charge in [0.15, 0.2) is 5.82 Å². The summed E-state index contributed by atoms with van der Waals surface area (Å²) in [6.45, 7) is 1.83. The van der Waals surface area contributed by atoms with Crippen molar-refractivity contribution < 1.29 is 4.92 Å². The molecule has 2 aromatic heterocycles.